The molecule has 1 saturated heterocycles. The Bertz CT molecular complexity index is 696. The van der Waals surface area contributed by atoms with Crippen LogP contribution in [0.25, 0.3) is 10.9 Å². The topological polar surface area (TPSA) is 73.4 Å². The van der Waals surface area contributed by atoms with Gasteiger partial charge in [0, 0.05) is 35.8 Å². The Kier molecular flexibility index (Phi) is 3.20. The lowest BCUT2D eigenvalue weighted by Gasteiger charge is -2.36. The molecule has 1 fully saturated rings. The van der Waals surface area contributed by atoms with Gasteiger partial charge in [0.2, 0.25) is 0 Å². The highest BCUT2D eigenvalue weighted by Gasteiger charge is 2.38. The summed E-state index contributed by atoms with van der Waals surface area (Å²) in [5.74, 6) is -0.797. The van der Waals surface area contributed by atoms with Crippen molar-refractivity contribution in [3.8, 4) is 0 Å². The van der Waals surface area contributed by atoms with Crippen LogP contribution in [0.1, 0.15) is 30.1 Å². The largest absolute Gasteiger partial charge is 0.481 e. The van der Waals surface area contributed by atoms with Crippen molar-refractivity contribution in [3.05, 3.63) is 36.0 Å². The molecule has 0 aliphatic carbocycles. The maximum atomic E-state index is 12.5. The number of piperidine rings is 1. The van der Waals surface area contributed by atoms with Crippen LogP contribution in [-0.4, -0.2) is 40.0 Å². The van der Waals surface area contributed by atoms with E-state index in [-0.39, 0.29) is 5.91 Å². The Morgan fingerprint density at radius 1 is 1.24 bits per heavy atom. The highest BCUT2D eigenvalue weighted by atomic mass is 16.4. The van der Waals surface area contributed by atoms with Crippen molar-refractivity contribution in [2.24, 2.45) is 5.41 Å². The van der Waals surface area contributed by atoms with Gasteiger partial charge in [0.05, 0.1) is 5.41 Å². The van der Waals surface area contributed by atoms with Gasteiger partial charge in [-0.3, -0.25) is 9.59 Å². The third kappa shape index (κ3) is 2.39. The van der Waals surface area contributed by atoms with Crippen LogP contribution in [0, 0.1) is 5.41 Å². The minimum Gasteiger partial charge on any atom is -0.481 e. The molecule has 1 aromatic carbocycles. The average Bonchev–Trinajstić information content (AvgIpc) is 2.94. The number of benzene rings is 1. The van der Waals surface area contributed by atoms with Crippen molar-refractivity contribution >= 4 is 22.8 Å². The molecule has 0 spiro atoms. The number of rotatable bonds is 2. The Morgan fingerprint density at radius 2 is 1.95 bits per heavy atom. The van der Waals surface area contributed by atoms with Crippen molar-refractivity contribution in [2.75, 3.05) is 13.1 Å². The van der Waals surface area contributed by atoms with Crippen LogP contribution in [0.2, 0.25) is 0 Å². The fourth-order valence-corrected chi connectivity index (χ4v) is 2.79. The molecule has 0 unspecified atom stereocenters. The number of carboxylic acid groups (broad SMARTS) is 1. The van der Waals surface area contributed by atoms with E-state index in [4.69, 9.17) is 0 Å². The molecule has 21 heavy (non-hydrogen) atoms. The lowest BCUT2D eigenvalue weighted by molar-refractivity contribution is -0.150. The summed E-state index contributed by atoms with van der Waals surface area (Å²) in [6.45, 7) is 2.74. The van der Waals surface area contributed by atoms with Crippen molar-refractivity contribution in [1.29, 1.82) is 0 Å². The summed E-state index contributed by atoms with van der Waals surface area (Å²) in [6.07, 6.45) is 2.85. The number of aromatic nitrogens is 1. The number of nitrogens with one attached hydrogen (secondary N) is 1. The number of carbonyl (C=O) groups is 2. The first kappa shape index (κ1) is 13.7. The highest BCUT2D eigenvalue weighted by Crippen LogP contribution is 2.31. The van der Waals surface area contributed by atoms with E-state index >= 15 is 0 Å². The molecule has 0 atom stereocenters. The number of nitrogens with zero attached hydrogens (tertiary/aromatic N) is 1. The second kappa shape index (κ2) is 4.91. The maximum Gasteiger partial charge on any atom is 0.309 e. The molecular formula is C16H18N2O3. The Hall–Kier alpha value is -2.30. The quantitative estimate of drug-likeness (QED) is 0.890. The number of amides is 1. The van der Waals surface area contributed by atoms with Gasteiger partial charge in [0.15, 0.2) is 0 Å². The highest BCUT2D eigenvalue weighted by molar-refractivity contribution is 5.98. The normalized spacial score (nSPS) is 17.9. The van der Waals surface area contributed by atoms with Crippen molar-refractivity contribution in [2.45, 2.75) is 19.8 Å². The van der Waals surface area contributed by atoms with Crippen LogP contribution < -0.4 is 0 Å². The fourth-order valence-electron chi connectivity index (χ4n) is 2.79. The van der Waals surface area contributed by atoms with Gasteiger partial charge in [-0.25, -0.2) is 0 Å². The average molecular weight is 286 g/mol. The molecular weight excluding hydrogens is 268 g/mol. The number of aromatic amines is 1. The van der Waals surface area contributed by atoms with Gasteiger partial charge in [-0.1, -0.05) is 0 Å². The number of carbonyl (C=O) groups excluding carboxylic acids is 1. The van der Waals surface area contributed by atoms with Crippen molar-refractivity contribution in [1.82, 2.24) is 9.88 Å². The second-order valence-electron chi connectivity index (χ2n) is 5.94. The van der Waals surface area contributed by atoms with Gasteiger partial charge >= 0.3 is 5.97 Å². The number of hydrogen-bond donors (Lipinski definition) is 2. The fraction of sp³-hybridized carbons (Fsp3) is 0.375. The summed E-state index contributed by atoms with van der Waals surface area (Å²) >= 11 is 0. The minimum absolute atomic E-state index is 0.0226. The molecule has 0 radical (unpaired) electrons. The zero-order valence-corrected chi connectivity index (χ0v) is 11.9. The Labute approximate surface area is 122 Å². The lowest BCUT2D eigenvalue weighted by atomic mass is 9.80. The zero-order valence-electron chi connectivity index (χ0n) is 11.9. The number of carboxylic acids is 1. The van der Waals surface area contributed by atoms with Gasteiger partial charge < -0.3 is 15.0 Å². The van der Waals surface area contributed by atoms with E-state index in [9.17, 15) is 14.7 Å². The van der Waals surface area contributed by atoms with Crippen LogP contribution in [0.5, 0.6) is 0 Å². The molecule has 1 amide bonds. The smallest absolute Gasteiger partial charge is 0.309 e. The van der Waals surface area contributed by atoms with E-state index in [0.29, 0.717) is 31.5 Å². The predicted octanol–water partition coefficient (Wildman–Crippen LogP) is 2.49. The first-order chi connectivity index (χ1) is 9.99. The molecule has 1 aromatic heterocycles. The number of aliphatic carboxylic acids is 1. The van der Waals surface area contributed by atoms with E-state index in [1.165, 1.54) is 0 Å². The first-order valence-corrected chi connectivity index (χ1v) is 7.09. The molecule has 2 N–H and O–H groups in total. The van der Waals surface area contributed by atoms with Crippen LogP contribution in [0.4, 0.5) is 0 Å². The maximum absolute atomic E-state index is 12.5. The Balaban J connectivity index is 1.76. The van der Waals surface area contributed by atoms with Gasteiger partial charge in [0.1, 0.15) is 0 Å². The molecule has 3 rings (SSSR count). The second-order valence-corrected chi connectivity index (χ2v) is 5.94. The van der Waals surface area contributed by atoms with E-state index < -0.39 is 11.4 Å². The molecule has 110 valence electrons. The van der Waals surface area contributed by atoms with Crippen molar-refractivity contribution < 1.29 is 14.7 Å². The molecule has 5 heteroatoms. The summed E-state index contributed by atoms with van der Waals surface area (Å²) in [5, 5.41) is 10.2. The van der Waals surface area contributed by atoms with E-state index in [0.717, 1.165) is 10.9 Å². The van der Waals surface area contributed by atoms with Crippen LogP contribution >= 0.6 is 0 Å². The molecule has 1 aliphatic rings. The standard InChI is InChI=1S/C16H18N2O3/c1-16(15(20)21)5-8-18(9-6-16)14(19)12-2-3-13-11(10-12)4-7-17-13/h2-4,7,10,17H,5-6,8-9H2,1H3,(H,20,21). The third-order valence-corrected chi connectivity index (χ3v) is 4.47. The SMILES string of the molecule is CC1(C(=O)O)CCN(C(=O)c2ccc3[nH]ccc3c2)CC1. The molecule has 0 bridgehead atoms. The molecule has 1 aliphatic heterocycles. The van der Waals surface area contributed by atoms with Gasteiger partial charge in [-0.05, 0) is 44.0 Å². The number of hydrogen-bond acceptors (Lipinski definition) is 2. The van der Waals surface area contributed by atoms with Gasteiger partial charge in [-0.15, -0.1) is 0 Å². The van der Waals surface area contributed by atoms with Crippen LogP contribution in [0.15, 0.2) is 30.5 Å². The van der Waals surface area contributed by atoms with E-state index in [2.05, 4.69) is 4.98 Å². The van der Waals surface area contributed by atoms with E-state index in [1.54, 1.807) is 11.8 Å². The number of likely N-dealkylation sites (tertiary alicyclic amines) is 1. The monoisotopic (exact) mass is 286 g/mol. The summed E-state index contributed by atoms with van der Waals surface area (Å²) in [4.78, 5) is 28.6. The summed E-state index contributed by atoms with van der Waals surface area (Å²) < 4.78 is 0. The van der Waals surface area contributed by atoms with Crippen LogP contribution in [0.3, 0.4) is 0 Å². The van der Waals surface area contributed by atoms with Gasteiger partial charge in [0.25, 0.3) is 5.91 Å². The minimum atomic E-state index is -0.775. The zero-order chi connectivity index (χ0) is 15.0. The number of fused-ring (bicyclic) bond motifs is 1. The molecule has 0 saturated carbocycles. The summed E-state index contributed by atoms with van der Waals surface area (Å²) in [5.41, 5.74) is 0.950. The molecule has 2 aromatic rings. The molecule has 2 heterocycles. The summed E-state index contributed by atoms with van der Waals surface area (Å²) in [7, 11) is 0. The van der Waals surface area contributed by atoms with Gasteiger partial charge in [-0.2, -0.15) is 0 Å². The van der Waals surface area contributed by atoms with E-state index in [1.807, 2.05) is 30.5 Å². The Morgan fingerprint density at radius 3 is 2.62 bits per heavy atom. The summed E-state index contributed by atoms with van der Waals surface area (Å²) in [6, 6.07) is 7.52. The third-order valence-electron chi connectivity index (χ3n) is 4.47. The first-order valence-electron chi connectivity index (χ1n) is 7.09. The number of H-pyrrole nitrogens is 1. The molecule has 5 nitrogen and oxygen atoms in total. The predicted molar refractivity (Wildman–Crippen MR) is 79.2 cm³/mol. The van der Waals surface area contributed by atoms with Crippen molar-refractivity contribution in [3.63, 3.8) is 0 Å². The lowest BCUT2D eigenvalue weighted by Crippen LogP contribution is -2.45. The van der Waals surface area contributed by atoms with Crippen LogP contribution in [-0.2, 0) is 4.79 Å².